The van der Waals surface area contributed by atoms with E-state index in [4.69, 9.17) is 0 Å². The van der Waals surface area contributed by atoms with Crippen LogP contribution in [0.3, 0.4) is 0 Å². The van der Waals surface area contributed by atoms with E-state index in [1.165, 1.54) is 0 Å². The number of aryl methyl sites for hydroxylation is 2. The first-order valence-electron chi connectivity index (χ1n) is 8.79. The summed E-state index contributed by atoms with van der Waals surface area (Å²) in [7, 11) is 0. The van der Waals surface area contributed by atoms with Crippen molar-refractivity contribution in [3.05, 3.63) is 59.7 Å². The largest absolute Gasteiger partial charge is 0.335 e. The molecule has 5 heteroatoms. The number of aromatic nitrogens is 3. The van der Waals surface area contributed by atoms with Crippen LogP contribution in [0, 0.1) is 13.8 Å². The smallest absolute Gasteiger partial charge is 0.273 e. The summed E-state index contributed by atoms with van der Waals surface area (Å²) in [5, 5.41) is 6.58. The molecule has 1 aromatic carbocycles. The molecule has 0 spiro atoms. The van der Waals surface area contributed by atoms with Gasteiger partial charge in [-0.15, -0.1) is 0 Å². The van der Waals surface area contributed by atoms with E-state index in [9.17, 15) is 4.79 Å². The van der Waals surface area contributed by atoms with Crippen molar-refractivity contribution < 1.29 is 4.79 Å². The Labute approximate surface area is 147 Å². The van der Waals surface area contributed by atoms with E-state index in [0.717, 1.165) is 41.5 Å². The van der Waals surface area contributed by atoms with Gasteiger partial charge >= 0.3 is 0 Å². The molecule has 25 heavy (non-hydrogen) atoms. The lowest BCUT2D eigenvalue weighted by Crippen LogP contribution is -2.41. The molecule has 1 saturated heterocycles. The van der Waals surface area contributed by atoms with Crippen molar-refractivity contribution in [1.29, 1.82) is 0 Å². The average Bonchev–Trinajstić information content (AvgIpc) is 2.99. The zero-order valence-electron chi connectivity index (χ0n) is 14.6. The van der Waals surface area contributed by atoms with Gasteiger partial charge in [0.1, 0.15) is 5.69 Å². The predicted octanol–water partition coefficient (Wildman–Crippen LogP) is 3.53. The molecule has 3 heterocycles. The number of carbonyl (C=O) groups is 1. The Morgan fingerprint density at radius 1 is 1.20 bits per heavy atom. The molecule has 0 radical (unpaired) electrons. The quantitative estimate of drug-likeness (QED) is 0.720. The molecule has 0 saturated carbocycles. The van der Waals surface area contributed by atoms with Crippen LogP contribution in [0.1, 0.15) is 40.8 Å². The summed E-state index contributed by atoms with van der Waals surface area (Å²) in [6, 6.07) is 12.2. The maximum Gasteiger partial charge on any atom is 0.273 e. The number of pyridine rings is 1. The number of fused-ring (bicyclic) bond motifs is 1. The summed E-state index contributed by atoms with van der Waals surface area (Å²) in [4.78, 5) is 19.4. The Morgan fingerprint density at radius 2 is 2.04 bits per heavy atom. The third kappa shape index (κ3) is 2.90. The van der Waals surface area contributed by atoms with Crippen LogP contribution in [0.15, 0.2) is 42.6 Å². The molecule has 1 fully saturated rings. The lowest BCUT2D eigenvalue weighted by molar-refractivity contribution is 0.0668. The van der Waals surface area contributed by atoms with Crippen molar-refractivity contribution >= 4 is 16.7 Å². The molecule has 1 amide bonds. The number of piperidine rings is 1. The average molecular weight is 334 g/mol. The van der Waals surface area contributed by atoms with Gasteiger partial charge in [0.2, 0.25) is 0 Å². The van der Waals surface area contributed by atoms with E-state index in [2.05, 4.69) is 27.8 Å². The molecule has 128 valence electrons. The van der Waals surface area contributed by atoms with Crippen molar-refractivity contribution in [2.45, 2.75) is 32.7 Å². The van der Waals surface area contributed by atoms with Gasteiger partial charge in [0.05, 0.1) is 11.7 Å². The van der Waals surface area contributed by atoms with Crippen molar-refractivity contribution in [3.63, 3.8) is 0 Å². The number of carbonyl (C=O) groups excluding carboxylic acids is 1. The Hall–Kier alpha value is -2.69. The van der Waals surface area contributed by atoms with E-state index in [0.29, 0.717) is 12.2 Å². The summed E-state index contributed by atoms with van der Waals surface area (Å²) in [6.07, 6.45) is 3.76. The molecule has 0 unspecified atom stereocenters. The molecule has 0 aliphatic carbocycles. The molecule has 0 bridgehead atoms. The lowest BCUT2D eigenvalue weighted by atomic mass is 10.0. The van der Waals surface area contributed by atoms with Crippen molar-refractivity contribution in [3.8, 4) is 0 Å². The Bertz CT molecular complexity index is 925. The highest BCUT2D eigenvalue weighted by Crippen LogP contribution is 2.25. The molecular formula is C20H22N4O. The molecule has 5 nitrogen and oxygen atoms in total. The van der Waals surface area contributed by atoms with Gasteiger partial charge < -0.3 is 4.90 Å². The highest BCUT2D eigenvalue weighted by Gasteiger charge is 2.28. The van der Waals surface area contributed by atoms with Gasteiger partial charge in [-0.1, -0.05) is 24.3 Å². The van der Waals surface area contributed by atoms with Crippen molar-refractivity contribution in [2.24, 2.45) is 0 Å². The second-order valence-corrected chi connectivity index (χ2v) is 6.80. The first-order valence-corrected chi connectivity index (χ1v) is 8.79. The minimum atomic E-state index is 0.0167. The fourth-order valence-corrected chi connectivity index (χ4v) is 3.79. The van der Waals surface area contributed by atoms with Gasteiger partial charge in [-0.2, -0.15) is 5.10 Å². The normalized spacial score (nSPS) is 17.8. The van der Waals surface area contributed by atoms with Crippen molar-refractivity contribution in [1.82, 2.24) is 19.7 Å². The number of nitrogens with zero attached hydrogens (tertiary/aromatic N) is 4. The molecule has 1 aliphatic heterocycles. The fourth-order valence-electron chi connectivity index (χ4n) is 3.79. The van der Waals surface area contributed by atoms with Crippen LogP contribution in [-0.4, -0.2) is 38.7 Å². The third-order valence-electron chi connectivity index (χ3n) is 4.95. The molecule has 1 aliphatic rings. The van der Waals surface area contributed by atoms with Gasteiger partial charge in [0, 0.05) is 30.4 Å². The van der Waals surface area contributed by atoms with E-state index < -0.39 is 0 Å². The number of benzene rings is 1. The highest BCUT2D eigenvalue weighted by atomic mass is 16.2. The minimum absolute atomic E-state index is 0.0167. The number of hydrogen-bond acceptors (Lipinski definition) is 3. The molecule has 3 aromatic rings. The zero-order chi connectivity index (χ0) is 17.4. The summed E-state index contributed by atoms with van der Waals surface area (Å²) >= 11 is 0. The first kappa shape index (κ1) is 15.8. The lowest BCUT2D eigenvalue weighted by Gasteiger charge is -2.33. The van der Waals surface area contributed by atoms with Gasteiger partial charge in [0.25, 0.3) is 5.91 Å². The molecular weight excluding hydrogens is 312 g/mol. The second-order valence-electron chi connectivity index (χ2n) is 6.80. The standard InChI is InChI=1S/C20H22N4O/c1-14-12-15(2)24(22-14)17-7-5-11-23(13-17)20(25)19-18-8-4-3-6-16(18)9-10-21-19/h3-4,6,8-10,12,17H,5,7,11,13H2,1-2H3/t17-/m1/s1. The Kier molecular flexibility index (Phi) is 3.99. The van der Waals surface area contributed by atoms with Gasteiger partial charge in [-0.3, -0.25) is 14.5 Å². The van der Waals surface area contributed by atoms with Gasteiger partial charge in [-0.25, -0.2) is 0 Å². The number of amides is 1. The monoisotopic (exact) mass is 334 g/mol. The predicted molar refractivity (Wildman–Crippen MR) is 97.6 cm³/mol. The fraction of sp³-hybridized carbons (Fsp3) is 0.350. The van der Waals surface area contributed by atoms with E-state index in [1.54, 1.807) is 6.20 Å². The molecule has 4 rings (SSSR count). The first-order chi connectivity index (χ1) is 12.1. The second kappa shape index (κ2) is 6.31. The summed E-state index contributed by atoms with van der Waals surface area (Å²) in [5.41, 5.74) is 2.73. The summed E-state index contributed by atoms with van der Waals surface area (Å²) < 4.78 is 2.07. The number of hydrogen-bond donors (Lipinski definition) is 0. The van der Waals surface area contributed by atoms with Gasteiger partial charge in [0.15, 0.2) is 0 Å². The zero-order valence-corrected chi connectivity index (χ0v) is 14.6. The molecule has 1 atom stereocenters. The minimum Gasteiger partial charge on any atom is -0.335 e. The van der Waals surface area contributed by atoms with Crippen molar-refractivity contribution in [2.75, 3.05) is 13.1 Å². The topological polar surface area (TPSA) is 51.0 Å². The van der Waals surface area contributed by atoms with Crippen LogP contribution >= 0.6 is 0 Å². The van der Waals surface area contributed by atoms with Crippen LogP contribution < -0.4 is 0 Å². The summed E-state index contributed by atoms with van der Waals surface area (Å²) in [6.45, 7) is 5.55. The van der Waals surface area contributed by atoms with E-state index >= 15 is 0 Å². The maximum absolute atomic E-state index is 13.1. The number of likely N-dealkylation sites (tertiary alicyclic amines) is 1. The SMILES string of the molecule is Cc1cc(C)n([C@@H]2CCCN(C(=O)c3nccc4ccccc34)C2)n1. The van der Waals surface area contributed by atoms with Gasteiger partial charge in [-0.05, 0) is 44.2 Å². The van der Waals surface area contributed by atoms with Crippen LogP contribution in [0.4, 0.5) is 0 Å². The van der Waals surface area contributed by atoms with Crippen LogP contribution in [0.25, 0.3) is 10.8 Å². The summed E-state index contributed by atoms with van der Waals surface area (Å²) in [5.74, 6) is 0.0167. The van der Waals surface area contributed by atoms with E-state index in [-0.39, 0.29) is 11.9 Å². The Balaban J connectivity index is 1.62. The van der Waals surface area contributed by atoms with Crippen LogP contribution in [-0.2, 0) is 0 Å². The van der Waals surface area contributed by atoms with Crippen LogP contribution in [0.2, 0.25) is 0 Å². The molecule has 2 aromatic heterocycles. The van der Waals surface area contributed by atoms with E-state index in [1.807, 2.05) is 42.2 Å². The molecule has 0 N–H and O–H groups in total. The number of rotatable bonds is 2. The Morgan fingerprint density at radius 3 is 2.84 bits per heavy atom. The third-order valence-corrected chi connectivity index (χ3v) is 4.95. The highest BCUT2D eigenvalue weighted by molar-refractivity contribution is 6.05. The van der Waals surface area contributed by atoms with Crippen LogP contribution in [0.5, 0.6) is 0 Å². The maximum atomic E-state index is 13.1.